The van der Waals surface area contributed by atoms with E-state index in [1.54, 1.807) is 4.90 Å². The lowest BCUT2D eigenvalue weighted by Gasteiger charge is -2.26. The second-order valence-electron chi connectivity index (χ2n) is 6.67. The van der Waals surface area contributed by atoms with Crippen molar-refractivity contribution in [3.8, 4) is 5.75 Å². The van der Waals surface area contributed by atoms with Gasteiger partial charge in [-0.3, -0.25) is 25.0 Å². The summed E-state index contributed by atoms with van der Waals surface area (Å²) in [6.07, 6.45) is 0. The number of nitrogens with one attached hydrogen (secondary N) is 1. The van der Waals surface area contributed by atoms with Gasteiger partial charge in [0, 0.05) is 32.1 Å². The lowest BCUT2D eigenvalue weighted by molar-refractivity contribution is -0.393. The predicted octanol–water partition coefficient (Wildman–Crippen LogP) is 3.33. The molecule has 0 spiro atoms. The minimum absolute atomic E-state index is 0.0347. The first-order valence-electron chi connectivity index (χ1n) is 9.63. The van der Waals surface area contributed by atoms with Crippen LogP contribution in [0.15, 0.2) is 34.5 Å². The third-order valence-corrected chi connectivity index (χ3v) is 4.67. The number of nitro benzene ring substituents is 2. The van der Waals surface area contributed by atoms with Crippen molar-refractivity contribution < 1.29 is 29.6 Å². The minimum Gasteiger partial charge on any atom is -0.494 e. The molecule has 2 aromatic carbocycles. The van der Waals surface area contributed by atoms with Gasteiger partial charge in [0.1, 0.15) is 11.4 Å². The van der Waals surface area contributed by atoms with E-state index in [0.717, 1.165) is 6.07 Å². The van der Waals surface area contributed by atoms with Crippen molar-refractivity contribution >= 4 is 51.6 Å². The van der Waals surface area contributed by atoms with Gasteiger partial charge in [0.15, 0.2) is 5.69 Å². The monoisotopic (exact) mass is 496 g/mol. The van der Waals surface area contributed by atoms with E-state index in [2.05, 4.69) is 15.5 Å². The van der Waals surface area contributed by atoms with Crippen LogP contribution in [0.25, 0.3) is 0 Å². The van der Waals surface area contributed by atoms with Gasteiger partial charge in [-0.1, -0.05) is 11.6 Å². The summed E-state index contributed by atoms with van der Waals surface area (Å²) >= 11 is 6.00. The molecule has 3 N–H and O–H groups in total. The largest absolute Gasteiger partial charge is 0.494 e. The molecule has 1 amide bonds. The molecule has 2 rings (SSSR count). The van der Waals surface area contributed by atoms with Gasteiger partial charge in [-0.05, 0) is 6.07 Å². The van der Waals surface area contributed by atoms with Crippen molar-refractivity contribution in [1.82, 2.24) is 0 Å². The number of nitro groups is 2. The first-order chi connectivity index (χ1) is 16.1. The van der Waals surface area contributed by atoms with Crippen molar-refractivity contribution in [2.75, 3.05) is 43.6 Å². The molecule has 0 saturated heterocycles. The van der Waals surface area contributed by atoms with Crippen LogP contribution in [-0.4, -0.2) is 59.4 Å². The lowest BCUT2D eigenvalue weighted by Crippen LogP contribution is -2.30. The van der Waals surface area contributed by atoms with Crippen molar-refractivity contribution in [3.63, 3.8) is 0 Å². The van der Waals surface area contributed by atoms with Gasteiger partial charge in [0.25, 0.3) is 5.69 Å². The molecular formula is C19H21ClN6O8. The summed E-state index contributed by atoms with van der Waals surface area (Å²) in [5, 5.41) is 51.1. The van der Waals surface area contributed by atoms with Crippen molar-refractivity contribution in [2.24, 2.45) is 10.2 Å². The van der Waals surface area contributed by atoms with Gasteiger partial charge >= 0.3 is 5.69 Å². The topological polar surface area (TPSA) is 193 Å². The number of azo groups is 1. The highest BCUT2D eigenvalue weighted by Crippen LogP contribution is 2.42. The number of nitrogens with zero attached hydrogens (tertiary/aromatic N) is 5. The van der Waals surface area contributed by atoms with Crippen LogP contribution in [-0.2, 0) is 4.79 Å². The molecule has 0 aliphatic heterocycles. The SMILES string of the molecule is COc1cc(N=Nc2c(Cl)cc([N+](=O)[O-])cc2[N+](=O)[O-])c(NC(C)=O)cc1N(CCO)CCO. The summed E-state index contributed by atoms with van der Waals surface area (Å²) in [5.41, 5.74) is -1.14. The normalized spacial score (nSPS) is 10.9. The van der Waals surface area contributed by atoms with Crippen LogP contribution in [0.1, 0.15) is 6.92 Å². The van der Waals surface area contributed by atoms with Crippen molar-refractivity contribution in [1.29, 1.82) is 0 Å². The summed E-state index contributed by atoms with van der Waals surface area (Å²) in [7, 11) is 1.37. The van der Waals surface area contributed by atoms with E-state index in [0.29, 0.717) is 11.8 Å². The number of hydrogen-bond donors (Lipinski definition) is 3. The maximum absolute atomic E-state index is 11.7. The lowest BCUT2D eigenvalue weighted by atomic mass is 10.2. The molecule has 0 atom stereocenters. The molecule has 34 heavy (non-hydrogen) atoms. The Labute approximate surface area is 197 Å². The average Bonchev–Trinajstić information content (AvgIpc) is 2.77. The van der Waals surface area contributed by atoms with Crippen LogP contribution < -0.4 is 15.0 Å². The zero-order valence-electron chi connectivity index (χ0n) is 18.1. The number of anilines is 2. The number of halogens is 1. The van der Waals surface area contributed by atoms with E-state index < -0.39 is 32.8 Å². The smallest absolute Gasteiger partial charge is 0.305 e. The van der Waals surface area contributed by atoms with E-state index in [1.807, 2.05) is 0 Å². The molecule has 0 aliphatic carbocycles. The summed E-state index contributed by atoms with van der Waals surface area (Å²) in [6.45, 7) is 1.12. The van der Waals surface area contributed by atoms with E-state index in [9.17, 15) is 35.2 Å². The molecule has 2 aromatic rings. The molecule has 0 aliphatic rings. The molecule has 14 nitrogen and oxygen atoms in total. The number of aliphatic hydroxyl groups is 2. The molecule has 0 unspecified atom stereocenters. The van der Waals surface area contributed by atoms with E-state index in [1.165, 1.54) is 26.2 Å². The second-order valence-corrected chi connectivity index (χ2v) is 7.07. The van der Waals surface area contributed by atoms with Crippen LogP contribution in [0.5, 0.6) is 5.75 Å². The zero-order valence-corrected chi connectivity index (χ0v) is 18.9. The standard InChI is InChI=1S/C19H21ClN6O8/c1-11(29)21-14-9-16(24(3-5-27)4-6-28)18(34-2)10-15(14)22-23-19-13(20)7-12(25(30)31)8-17(19)26(32)33/h7-10,27-28H,3-6H2,1-2H3,(H,21,29). The maximum Gasteiger partial charge on any atom is 0.305 e. The summed E-state index contributed by atoms with van der Waals surface area (Å²) in [4.78, 5) is 34.1. The maximum atomic E-state index is 11.7. The van der Waals surface area contributed by atoms with Crippen LogP contribution in [0.3, 0.4) is 0 Å². The summed E-state index contributed by atoms with van der Waals surface area (Å²) in [5.74, 6) is -0.211. The number of benzene rings is 2. The number of carbonyl (C=O) groups excluding carboxylic acids is 1. The molecule has 0 saturated carbocycles. The Hall–Kier alpha value is -3.88. The highest BCUT2D eigenvalue weighted by atomic mass is 35.5. The fraction of sp³-hybridized carbons (Fsp3) is 0.316. The Morgan fingerprint density at radius 1 is 1.12 bits per heavy atom. The molecule has 182 valence electrons. The fourth-order valence-electron chi connectivity index (χ4n) is 2.95. The first-order valence-corrected chi connectivity index (χ1v) is 10.0. The fourth-order valence-corrected chi connectivity index (χ4v) is 3.20. The number of methoxy groups -OCH3 is 1. The Morgan fingerprint density at radius 3 is 2.26 bits per heavy atom. The molecule has 0 aromatic heterocycles. The highest BCUT2D eigenvalue weighted by Gasteiger charge is 2.24. The van der Waals surface area contributed by atoms with Crippen molar-refractivity contribution in [3.05, 3.63) is 49.5 Å². The van der Waals surface area contributed by atoms with Crippen LogP contribution in [0.4, 0.5) is 34.1 Å². The quantitative estimate of drug-likeness (QED) is 0.237. The first kappa shape index (κ1) is 26.4. The summed E-state index contributed by atoms with van der Waals surface area (Å²) in [6, 6.07) is 4.48. The highest BCUT2D eigenvalue weighted by molar-refractivity contribution is 6.33. The van der Waals surface area contributed by atoms with E-state index >= 15 is 0 Å². The average molecular weight is 497 g/mol. The minimum atomic E-state index is -0.882. The third-order valence-electron chi connectivity index (χ3n) is 4.38. The molecule has 0 heterocycles. The number of carbonyl (C=O) groups is 1. The van der Waals surface area contributed by atoms with Gasteiger partial charge in [0.2, 0.25) is 5.91 Å². The van der Waals surface area contributed by atoms with Gasteiger partial charge < -0.3 is 25.2 Å². The molecule has 0 radical (unpaired) electrons. The van der Waals surface area contributed by atoms with Crippen LogP contribution in [0, 0.1) is 20.2 Å². The van der Waals surface area contributed by atoms with E-state index in [-0.39, 0.29) is 48.5 Å². The molecule has 15 heteroatoms. The number of rotatable bonds is 11. The third kappa shape index (κ3) is 6.34. The second kappa shape index (κ2) is 11.8. The number of amides is 1. The molecule has 0 fully saturated rings. The molecule has 0 bridgehead atoms. The zero-order chi connectivity index (χ0) is 25.4. The Morgan fingerprint density at radius 2 is 1.76 bits per heavy atom. The van der Waals surface area contributed by atoms with Gasteiger partial charge in [-0.15, -0.1) is 10.2 Å². The number of non-ortho nitro benzene ring substituents is 1. The van der Waals surface area contributed by atoms with Crippen LogP contribution in [0.2, 0.25) is 5.02 Å². The Bertz CT molecular complexity index is 1120. The van der Waals surface area contributed by atoms with Gasteiger partial charge in [-0.2, -0.15) is 0 Å². The van der Waals surface area contributed by atoms with Gasteiger partial charge in [-0.25, -0.2) is 0 Å². The predicted molar refractivity (Wildman–Crippen MR) is 123 cm³/mol. The Balaban J connectivity index is 2.66. The number of hydrogen-bond acceptors (Lipinski definition) is 11. The van der Waals surface area contributed by atoms with Crippen LogP contribution >= 0.6 is 11.6 Å². The number of ether oxygens (including phenoxy) is 1. The summed E-state index contributed by atoms with van der Waals surface area (Å²) < 4.78 is 5.37. The van der Waals surface area contributed by atoms with E-state index in [4.69, 9.17) is 16.3 Å². The molecular weight excluding hydrogens is 476 g/mol. The number of aliphatic hydroxyl groups excluding tert-OH is 2. The Kier molecular flexibility index (Phi) is 9.18. The van der Waals surface area contributed by atoms with Gasteiger partial charge in [0.05, 0.1) is 52.6 Å². The van der Waals surface area contributed by atoms with Crippen molar-refractivity contribution in [2.45, 2.75) is 6.92 Å².